The van der Waals surface area contributed by atoms with Crippen LogP contribution in [0.1, 0.15) is 18.4 Å². The first-order valence-corrected chi connectivity index (χ1v) is 8.73. The van der Waals surface area contributed by atoms with E-state index in [9.17, 15) is 8.42 Å². The predicted molar refractivity (Wildman–Crippen MR) is 83.0 cm³/mol. The van der Waals surface area contributed by atoms with E-state index < -0.39 is 10.0 Å². The molecular weight excluding hydrogens is 312 g/mol. The van der Waals surface area contributed by atoms with Gasteiger partial charge < -0.3 is 10.5 Å². The number of ether oxygens (including phenoxy) is 1. The third-order valence-corrected chi connectivity index (χ3v) is 6.53. The van der Waals surface area contributed by atoms with Crippen molar-refractivity contribution in [1.29, 1.82) is 0 Å². The molecule has 2 N–H and O–H groups in total. The predicted octanol–water partition coefficient (Wildman–Crippen LogP) is 1.78. The highest BCUT2D eigenvalue weighted by Crippen LogP contribution is 2.30. The SMILES string of the molecule is COC1CCN(S(=O)(=O)c2cccc(Cl)c2C)C(CN)C1. The molecule has 0 amide bonds. The summed E-state index contributed by atoms with van der Waals surface area (Å²) in [5, 5.41) is 0.451. The van der Waals surface area contributed by atoms with Gasteiger partial charge in [0.15, 0.2) is 0 Å². The number of nitrogens with two attached hydrogens (primary N) is 1. The first-order chi connectivity index (χ1) is 9.91. The molecule has 0 bridgehead atoms. The molecule has 0 spiro atoms. The largest absolute Gasteiger partial charge is 0.381 e. The van der Waals surface area contributed by atoms with Gasteiger partial charge in [-0.1, -0.05) is 17.7 Å². The van der Waals surface area contributed by atoms with Crippen molar-refractivity contribution in [3.05, 3.63) is 28.8 Å². The Kier molecular flexibility index (Phi) is 5.27. The Bertz CT molecular complexity index is 606. The maximum Gasteiger partial charge on any atom is 0.243 e. The molecule has 0 aliphatic carbocycles. The van der Waals surface area contributed by atoms with Crippen molar-refractivity contribution in [1.82, 2.24) is 4.31 Å². The molecule has 1 aliphatic heterocycles. The molecule has 1 aliphatic rings. The number of hydrogen-bond acceptors (Lipinski definition) is 4. The Labute approximate surface area is 131 Å². The van der Waals surface area contributed by atoms with E-state index in [1.807, 2.05) is 0 Å². The Morgan fingerprint density at radius 1 is 1.48 bits per heavy atom. The molecule has 5 nitrogen and oxygen atoms in total. The lowest BCUT2D eigenvalue weighted by atomic mass is 10.0. The van der Waals surface area contributed by atoms with Crippen LogP contribution in [0.25, 0.3) is 0 Å². The number of methoxy groups -OCH3 is 1. The average molecular weight is 333 g/mol. The second kappa shape index (κ2) is 6.62. The molecular formula is C14H21ClN2O3S. The summed E-state index contributed by atoms with van der Waals surface area (Å²) >= 11 is 6.05. The number of piperidine rings is 1. The van der Waals surface area contributed by atoms with E-state index >= 15 is 0 Å². The van der Waals surface area contributed by atoms with Crippen molar-refractivity contribution in [2.75, 3.05) is 20.2 Å². The van der Waals surface area contributed by atoms with Crippen LogP contribution >= 0.6 is 11.6 Å². The van der Waals surface area contributed by atoms with Gasteiger partial charge in [0, 0.05) is 31.3 Å². The number of sulfonamides is 1. The Morgan fingerprint density at radius 2 is 2.19 bits per heavy atom. The summed E-state index contributed by atoms with van der Waals surface area (Å²) in [5.74, 6) is 0. The molecule has 1 saturated heterocycles. The molecule has 0 aromatic heterocycles. The smallest absolute Gasteiger partial charge is 0.243 e. The molecule has 2 unspecified atom stereocenters. The summed E-state index contributed by atoms with van der Waals surface area (Å²) in [6.45, 7) is 2.40. The van der Waals surface area contributed by atoms with Crippen LogP contribution < -0.4 is 5.73 Å². The third-order valence-electron chi connectivity index (χ3n) is 4.02. The number of hydrogen-bond donors (Lipinski definition) is 1. The number of benzene rings is 1. The van der Waals surface area contributed by atoms with Crippen LogP contribution in [0.5, 0.6) is 0 Å². The fraction of sp³-hybridized carbons (Fsp3) is 0.571. The standard InChI is InChI=1S/C14H21ClN2O3S/c1-10-13(15)4-3-5-14(10)21(18,19)17-7-6-12(20-2)8-11(17)9-16/h3-5,11-12H,6-9,16H2,1-2H3. The minimum absolute atomic E-state index is 0.0606. The third kappa shape index (κ3) is 3.24. The lowest BCUT2D eigenvalue weighted by Gasteiger charge is -2.37. The minimum atomic E-state index is -3.59. The van der Waals surface area contributed by atoms with Crippen LogP contribution in [-0.4, -0.2) is 45.1 Å². The zero-order valence-electron chi connectivity index (χ0n) is 12.3. The van der Waals surface area contributed by atoms with Crippen LogP contribution in [0.15, 0.2) is 23.1 Å². The van der Waals surface area contributed by atoms with E-state index in [0.717, 1.165) is 0 Å². The van der Waals surface area contributed by atoms with Gasteiger partial charge in [-0.2, -0.15) is 4.31 Å². The van der Waals surface area contributed by atoms with E-state index in [4.69, 9.17) is 22.1 Å². The van der Waals surface area contributed by atoms with Crippen molar-refractivity contribution >= 4 is 21.6 Å². The summed E-state index contributed by atoms with van der Waals surface area (Å²) in [6.07, 6.45) is 1.35. The fourth-order valence-electron chi connectivity index (χ4n) is 2.73. The maximum absolute atomic E-state index is 12.9. The second-order valence-electron chi connectivity index (χ2n) is 5.25. The molecule has 7 heteroatoms. The first kappa shape index (κ1) is 16.7. The van der Waals surface area contributed by atoms with Crippen LogP contribution in [0.2, 0.25) is 5.02 Å². The number of nitrogens with zero attached hydrogens (tertiary/aromatic N) is 1. The lowest BCUT2D eigenvalue weighted by Crippen LogP contribution is -2.51. The van der Waals surface area contributed by atoms with Crippen molar-refractivity contribution < 1.29 is 13.2 Å². The zero-order valence-corrected chi connectivity index (χ0v) is 13.8. The molecule has 0 saturated carbocycles. The molecule has 1 aromatic carbocycles. The lowest BCUT2D eigenvalue weighted by molar-refractivity contribution is 0.0401. The van der Waals surface area contributed by atoms with Crippen molar-refractivity contribution in [3.8, 4) is 0 Å². The monoisotopic (exact) mass is 332 g/mol. The van der Waals surface area contributed by atoms with E-state index in [1.165, 1.54) is 4.31 Å². The Morgan fingerprint density at radius 3 is 2.81 bits per heavy atom. The summed E-state index contributed by atoms with van der Waals surface area (Å²) < 4.78 is 32.6. The molecule has 1 fully saturated rings. The van der Waals surface area contributed by atoms with Gasteiger partial charge in [-0.25, -0.2) is 8.42 Å². The van der Waals surface area contributed by atoms with Gasteiger partial charge in [0.1, 0.15) is 0 Å². The molecule has 1 aromatic rings. The highest BCUT2D eigenvalue weighted by atomic mass is 35.5. The van der Waals surface area contributed by atoms with Crippen LogP contribution in [0, 0.1) is 6.92 Å². The Hall–Kier alpha value is -0.660. The van der Waals surface area contributed by atoms with Crippen LogP contribution in [0.4, 0.5) is 0 Å². The normalized spacial score (nSPS) is 24.2. The van der Waals surface area contributed by atoms with Gasteiger partial charge in [-0.05, 0) is 37.5 Å². The molecule has 118 valence electrons. The second-order valence-corrected chi connectivity index (χ2v) is 7.52. The van der Waals surface area contributed by atoms with Crippen LogP contribution in [0.3, 0.4) is 0 Å². The summed E-state index contributed by atoms with van der Waals surface area (Å²) in [7, 11) is -1.95. The van der Waals surface area contributed by atoms with Crippen molar-refractivity contribution in [2.45, 2.75) is 36.8 Å². The average Bonchev–Trinajstić information content (AvgIpc) is 2.49. The summed E-state index contributed by atoms with van der Waals surface area (Å²) in [5.41, 5.74) is 6.34. The topological polar surface area (TPSA) is 72.6 Å². The quantitative estimate of drug-likeness (QED) is 0.912. The zero-order chi connectivity index (χ0) is 15.6. The molecule has 21 heavy (non-hydrogen) atoms. The van der Waals surface area contributed by atoms with Gasteiger partial charge in [-0.3, -0.25) is 0 Å². The van der Waals surface area contributed by atoms with E-state index in [1.54, 1.807) is 32.2 Å². The Balaban J connectivity index is 2.37. The summed E-state index contributed by atoms with van der Waals surface area (Å²) in [6, 6.07) is 4.69. The van der Waals surface area contributed by atoms with E-state index in [-0.39, 0.29) is 23.6 Å². The fourth-order valence-corrected chi connectivity index (χ4v) is 4.87. The maximum atomic E-state index is 12.9. The van der Waals surface area contributed by atoms with E-state index in [0.29, 0.717) is 30.0 Å². The van der Waals surface area contributed by atoms with Crippen molar-refractivity contribution in [2.24, 2.45) is 5.73 Å². The van der Waals surface area contributed by atoms with Gasteiger partial charge in [0.25, 0.3) is 0 Å². The summed E-state index contributed by atoms with van der Waals surface area (Å²) in [4.78, 5) is 0.254. The van der Waals surface area contributed by atoms with Gasteiger partial charge in [0.05, 0.1) is 11.0 Å². The van der Waals surface area contributed by atoms with Crippen molar-refractivity contribution in [3.63, 3.8) is 0 Å². The first-order valence-electron chi connectivity index (χ1n) is 6.91. The molecule has 2 atom stereocenters. The molecule has 2 rings (SSSR count). The van der Waals surface area contributed by atoms with Gasteiger partial charge in [-0.15, -0.1) is 0 Å². The highest BCUT2D eigenvalue weighted by molar-refractivity contribution is 7.89. The van der Waals surface area contributed by atoms with Crippen LogP contribution in [-0.2, 0) is 14.8 Å². The van der Waals surface area contributed by atoms with Gasteiger partial charge in [0.2, 0.25) is 10.0 Å². The van der Waals surface area contributed by atoms with Gasteiger partial charge >= 0.3 is 0 Å². The number of halogens is 1. The highest BCUT2D eigenvalue weighted by Gasteiger charge is 2.37. The molecule has 1 heterocycles. The minimum Gasteiger partial charge on any atom is -0.381 e. The number of rotatable bonds is 4. The van der Waals surface area contributed by atoms with E-state index in [2.05, 4.69) is 0 Å². The molecule has 0 radical (unpaired) electrons.